The zero-order valence-corrected chi connectivity index (χ0v) is 7.73. The molecule has 4 heteroatoms. The molecule has 13 heavy (non-hydrogen) atoms. The topological polar surface area (TPSA) is 48.7 Å². The Morgan fingerprint density at radius 3 is 3.23 bits per heavy atom. The summed E-state index contributed by atoms with van der Waals surface area (Å²) in [6.07, 6.45) is 0.925. The number of nitriles is 1. The molecule has 0 unspecified atom stereocenters. The molecule has 0 aliphatic carbocycles. The molecule has 2 heterocycles. The van der Waals surface area contributed by atoms with Crippen LogP contribution in [-0.4, -0.2) is 11.5 Å². The lowest BCUT2D eigenvalue weighted by molar-refractivity contribution is 0.627. The van der Waals surface area contributed by atoms with Crippen LogP contribution in [0.5, 0.6) is 0 Å². The lowest BCUT2D eigenvalue weighted by atomic mass is 10.1. The number of pyridine rings is 1. The number of nitrogens with zero attached hydrogens (tertiary/aromatic N) is 2. The summed E-state index contributed by atoms with van der Waals surface area (Å²) in [6.45, 7) is 1.70. The number of hydrogen-bond acceptors (Lipinski definition) is 3. The van der Waals surface area contributed by atoms with Crippen LogP contribution in [0.4, 0.5) is 0 Å². The van der Waals surface area contributed by atoms with Gasteiger partial charge in [-0.2, -0.15) is 5.26 Å². The molecular formula is C9H8ClN3. The predicted molar refractivity (Wildman–Crippen MR) is 49.4 cm³/mol. The van der Waals surface area contributed by atoms with E-state index in [0.717, 1.165) is 30.8 Å². The molecule has 0 bridgehead atoms. The Labute approximate surface area is 81.4 Å². The minimum absolute atomic E-state index is 0.310. The molecular weight excluding hydrogens is 186 g/mol. The van der Waals surface area contributed by atoms with Crippen molar-refractivity contribution >= 4 is 11.6 Å². The third-order valence-corrected chi connectivity index (χ3v) is 2.42. The van der Waals surface area contributed by atoms with E-state index < -0.39 is 0 Å². The van der Waals surface area contributed by atoms with Gasteiger partial charge in [-0.3, -0.25) is 0 Å². The highest BCUT2D eigenvalue weighted by molar-refractivity contribution is 6.30. The van der Waals surface area contributed by atoms with Crippen molar-refractivity contribution in [2.45, 2.75) is 13.0 Å². The van der Waals surface area contributed by atoms with Crippen LogP contribution < -0.4 is 5.32 Å². The summed E-state index contributed by atoms with van der Waals surface area (Å²) >= 11 is 5.80. The highest BCUT2D eigenvalue weighted by atomic mass is 35.5. The first-order chi connectivity index (χ1) is 6.31. The molecule has 0 radical (unpaired) electrons. The third-order valence-electron chi connectivity index (χ3n) is 2.13. The van der Waals surface area contributed by atoms with Crippen LogP contribution in [-0.2, 0) is 13.0 Å². The summed E-state index contributed by atoms with van der Waals surface area (Å²) in [6, 6.07) is 3.87. The SMILES string of the molecule is N#Cc1cc2c(nc1Cl)CNCC2. The maximum atomic E-state index is 8.73. The van der Waals surface area contributed by atoms with Crippen LogP contribution in [0.15, 0.2) is 6.07 Å². The van der Waals surface area contributed by atoms with Crippen molar-refractivity contribution in [3.63, 3.8) is 0 Å². The minimum atomic E-state index is 0.310. The number of rotatable bonds is 0. The average molecular weight is 194 g/mol. The summed E-state index contributed by atoms with van der Waals surface area (Å²) in [5.74, 6) is 0. The fourth-order valence-electron chi connectivity index (χ4n) is 1.45. The largest absolute Gasteiger partial charge is 0.311 e. The zero-order valence-electron chi connectivity index (χ0n) is 6.97. The molecule has 0 saturated heterocycles. The monoisotopic (exact) mass is 193 g/mol. The molecule has 1 aromatic heterocycles. The molecule has 3 nitrogen and oxygen atoms in total. The number of aromatic nitrogens is 1. The number of fused-ring (bicyclic) bond motifs is 1. The van der Waals surface area contributed by atoms with Gasteiger partial charge in [0.25, 0.3) is 0 Å². The Morgan fingerprint density at radius 2 is 2.46 bits per heavy atom. The smallest absolute Gasteiger partial charge is 0.147 e. The second-order valence-electron chi connectivity index (χ2n) is 2.97. The summed E-state index contributed by atoms with van der Waals surface area (Å²) < 4.78 is 0. The zero-order chi connectivity index (χ0) is 9.26. The molecule has 1 aliphatic heterocycles. The van der Waals surface area contributed by atoms with Gasteiger partial charge in [-0.25, -0.2) is 4.98 Å². The quantitative estimate of drug-likeness (QED) is 0.631. The lowest BCUT2D eigenvalue weighted by Gasteiger charge is -2.16. The molecule has 0 fully saturated rings. The van der Waals surface area contributed by atoms with Gasteiger partial charge in [0.05, 0.1) is 11.3 Å². The third kappa shape index (κ3) is 1.51. The molecule has 0 aromatic carbocycles. The van der Waals surface area contributed by atoms with Crippen molar-refractivity contribution < 1.29 is 0 Å². The first kappa shape index (κ1) is 8.49. The van der Waals surface area contributed by atoms with Crippen LogP contribution >= 0.6 is 11.6 Å². The predicted octanol–water partition coefficient (Wildman–Crippen LogP) is 1.25. The van der Waals surface area contributed by atoms with Crippen molar-refractivity contribution in [2.75, 3.05) is 6.54 Å². The fourth-order valence-corrected chi connectivity index (χ4v) is 1.64. The Hall–Kier alpha value is -1.11. The van der Waals surface area contributed by atoms with Crippen molar-refractivity contribution in [1.29, 1.82) is 5.26 Å². The van der Waals surface area contributed by atoms with Gasteiger partial charge >= 0.3 is 0 Å². The standard InChI is InChI=1S/C9H8ClN3/c10-9-7(4-11)3-6-1-2-12-5-8(6)13-9/h3,12H,1-2,5H2. The Balaban J connectivity index is 2.52. The van der Waals surface area contributed by atoms with Crippen LogP contribution in [0.2, 0.25) is 5.15 Å². The van der Waals surface area contributed by atoms with Gasteiger partial charge in [0.15, 0.2) is 0 Å². The Morgan fingerprint density at radius 1 is 1.62 bits per heavy atom. The lowest BCUT2D eigenvalue weighted by Crippen LogP contribution is -2.24. The molecule has 0 spiro atoms. The van der Waals surface area contributed by atoms with E-state index in [-0.39, 0.29) is 0 Å². The molecule has 1 aromatic rings. The van der Waals surface area contributed by atoms with E-state index in [0.29, 0.717) is 10.7 Å². The number of nitrogens with one attached hydrogen (secondary N) is 1. The summed E-state index contributed by atoms with van der Waals surface area (Å²) in [5, 5.41) is 12.2. The second-order valence-corrected chi connectivity index (χ2v) is 3.33. The van der Waals surface area contributed by atoms with E-state index >= 15 is 0 Å². The summed E-state index contributed by atoms with van der Waals surface area (Å²) in [5.41, 5.74) is 2.58. The van der Waals surface area contributed by atoms with Crippen molar-refractivity contribution in [3.05, 3.63) is 28.0 Å². The van der Waals surface area contributed by atoms with E-state index in [4.69, 9.17) is 16.9 Å². The van der Waals surface area contributed by atoms with Crippen molar-refractivity contribution in [2.24, 2.45) is 0 Å². The van der Waals surface area contributed by atoms with Crippen LogP contribution in [0.25, 0.3) is 0 Å². The van der Waals surface area contributed by atoms with E-state index in [1.54, 1.807) is 0 Å². The Bertz CT molecular complexity index is 381. The minimum Gasteiger partial charge on any atom is -0.311 e. The van der Waals surface area contributed by atoms with Crippen molar-refractivity contribution in [3.8, 4) is 6.07 Å². The molecule has 2 rings (SSSR count). The van der Waals surface area contributed by atoms with Gasteiger partial charge < -0.3 is 5.32 Å². The first-order valence-electron chi connectivity index (χ1n) is 4.10. The molecule has 0 amide bonds. The van der Waals surface area contributed by atoms with E-state index in [2.05, 4.69) is 10.3 Å². The fraction of sp³-hybridized carbons (Fsp3) is 0.333. The molecule has 1 N–H and O–H groups in total. The van der Waals surface area contributed by atoms with E-state index in [1.165, 1.54) is 0 Å². The maximum absolute atomic E-state index is 8.73. The van der Waals surface area contributed by atoms with Crippen LogP contribution in [0.1, 0.15) is 16.8 Å². The summed E-state index contributed by atoms with van der Waals surface area (Å²) in [4.78, 5) is 4.16. The van der Waals surface area contributed by atoms with Gasteiger partial charge in [-0.15, -0.1) is 0 Å². The van der Waals surface area contributed by atoms with Gasteiger partial charge in [0, 0.05) is 6.54 Å². The van der Waals surface area contributed by atoms with Gasteiger partial charge in [-0.05, 0) is 24.6 Å². The van der Waals surface area contributed by atoms with Gasteiger partial charge in [-0.1, -0.05) is 11.6 Å². The van der Waals surface area contributed by atoms with Gasteiger partial charge in [0.1, 0.15) is 11.2 Å². The van der Waals surface area contributed by atoms with Gasteiger partial charge in [0.2, 0.25) is 0 Å². The Kier molecular flexibility index (Phi) is 2.17. The van der Waals surface area contributed by atoms with Crippen LogP contribution in [0, 0.1) is 11.3 Å². The second kappa shape index (κ2) is 3.33. The normalized spacial score (nSPS) is 14.8. The van der Waals surface area contributed by atoms with E-state index in [1.807, 2.05) is 12.1 Å². The molecule has 0 saturated carbocycles. The van der Waals surface area contributed by atoms with Crippen LogP contribution in [0.3, 0.4) is 0 Å². The number of hydrogen-bond donors (Lipinski definition) is 1. The highest BCUT2D eigenvalue weighted by Crippen LogP contribution is 2.19. The average Bonchev–Trinajstić information content (AvgIpc) is 2.17. The van der Waals surface area contributed by atoms with E-state index in [9.17, 15) is 0 Å². The molecule has 66 valence electrons. The first-order valence-corrected chi connectivity index (χ1v) is 4.48. The highest BCUT2D eigenvalue weighted by Gasteiger charge is 2.13. The molecule has 1 aliphatic rings. The molecule has 0 atom stereocenters. The van der Waals surface area contributed by atoms with Crippen molar-refractivity contribution in [1.82, 2.24) is 10.3 Å². The number of halogens is 1. The summed E-state index contributed by atoms with van der Waals surface area (Å²) in [7, 11) is 0. The maximum Gasteiger partial charge on any atom is 0.147 e.